The summed E-state index contributed by atoms with van der Waals surface area (Å²) in [5, 5.41) is -1.05. The lowest BCUT2D eigenvalue weighted by atomic mass is 10.1. The second-order valence-electron chi connectivity index (χ2n) is 5.20. The molecular weight excluding hydrogens is 292 g/mol. The highest BCUT2D eigenvalue weighted by atomic mass is 35.5. The van der Waals surface area contributed by atoms with E-state index in [1.165, 1.54) is 0 Å². The SMILES string of the molecule is Cc1ccc(S(=O)(=O)[C@@H]2Cc3ccccc3[C@@H]2Cl)cc1. The highest BCUT2D eigenvalue weighted by Gasteiger charge is 2.40. The smallest absolute Gasteiger partial charge is 0.183 e. The maximum absolute atomic E-state index is 12.7. The number of rotatable bonds is 2. The minimum atomic E-state index is -3.40. The summed E-state index contributed by atoms with van der Waals surface area (Å²) in [6, 6.07) is 14.6. The molecule has 2 atom stereocenters. The molecule has 0 aliphatic heterocycles. The minimum absolute atomic E-state index is 0.353. The number of halogens is 1. The van der Waals surface area contributed by atoms with Crippen molar-refractivity contribution in [3.8, 4) is 0 Å². The maximum atomic E-state index is 12.7. The molecule has 3 rings (SSSR count). The zero-order valence-corrected chi connectivity index (χ0v) is 12.7. The van der Waals surface area contributed by atoms with Gasteiger partial charge in [-0.15, -0.1) is 11.6 Å². The van der Waals surface area contributed by atoms with Gasteiger partial charge in [0.25, 0.3) is 0 Å². The zero-order chi connectivity index (χ0) is 14.3. The first kappa shape index (κ1) is 13.7. The minimum Gasteiger partial charge on any atom is -0.223 e. The fourth-order valence-electron chi connectivity index (χ4n) is 2.68. The second kappa shape index (κ2) is 4.90. The topological polar surface area (TPSA) is 34.1 Å². The molecular formula is C16H15ClO2S. The van der Waals surface area contributed by atoms with Gasteiger partial charge in [0.1, 0.15) is 0 Å². The summed E-state index contributed by atoms with van der Waals surface area (Å²) in [4.78, 5) is 0.353. The van der Waals surface area contributed by atoms with Gasteiger partial charge in [0.05, 0.1) is 15.5 Å². The predicted molar refractivity (Wildman–Crippen MR) is 80.9 cm³/mol. The molecule has 2 nitrogen and oxygen atoms in total. The molecule has 0 radical (unpaired) electrons. The first-order valence-corrected chi connectivity index (χ1v) is 8.51. The van der Waals surface area contributed by atoms with Crippen molar-refractivity contribution in [3.05, 3.63) is 65.2 Å². The Morgan fingerprint density at radius 2 is 1.70 bits per heavy atom. The van der Waals surface area contributed by atoms with E-state index in [1.807, 2.05) is 43.3 Å². The summed E-state index contributed by atoms with van der Waals surface area (Å²) in [5.41, 5.74) is 3.02. The van der Waals surface area contributed by atoms with Crippen LogP contribution in [0.5, 0.6) is 0 Å². The molecule has 0 bridgehead atoms. The van der Waals surface area contributed by atoms with Gasteiger partial charge in [0.2, 0.25) is 0 Å². The Morgan fingerprint density at radius 1 is 1.05 bits per heavy atom. The molecule has 0 saturated carbocycles. The Hall–Kier alpha value is -1.32. The first-order valence-electron chi connectivity index (χ1n) is 6.52. The summed E-state index contributed by atoms with van der Waals surface area (Å²) in [6.45, 7) is 1.94. The van der Waals surface area contributed by atoms with Crippen LogP contribution in [0.15, 0.2) is 53.4 Å². The lowest BCUT2D eigenvalue weighted by molar-refractivity contribution is 0.579. The van der Waals surface area contributed by atoms with Crippen molar-refractivity contribution in [1.29, 1.82) is 0 Å². The van der Waals surface area contributed by atoms with E-state index >= 15 is 0 Å². The van der Waals surface area contributed by atoms with E-state index in [0.29, 0.717) is 11.3 Å². The van der Waals surface area contributed by atoms with Gasteiger partial charge in [0, 0.05) is 0 Å². The summed E-state index contributed by atoms with van der Waals surface area (Å²) in [6.07, 6.45) is 0.487. The Labute approximate surface area is 124 Å². The van der Waals surface area contributed by atoms with Crippen LogP contribution in [0.1, 0.15) is 22.1 Å². The van der Waals surface area contributed by atoms with E-state index in [0.717, 1.165) is 16.7 Å². The summed E-state index contributed by atoms with van der Waals surface area (Å²) in [7, 11) is -3.40. The molecule has 0 saturated heterocycles. The van der Waals surface area contributed by atoms with Gasteiger partial charge in [-0.2, -0.15) is 0 Å². The van der Waals surface area contributed by atoms with Crippen molar-refractivity contribution in [3.63, 3.8) is 0 Å². The van der Waals surface area contributed by atoms with Crippen LogP contribution in [0.25, 0.3) is 0 Å². The van der Waals surface area contributed by atoms with Crippen LogP contribution >= 0.6 is 11.6 Å². The number of fused-ring (bicyclic) bond motifs is 1. The van der Waals surface area contributed by atoms with E-state index in [-0.39, 0.29) is 0 Å². The highest BCUT2D eigenvalue weighted by molar-refractivity contribution is 7.92. The standard InChI is InChI=1S/C16H15ClO2S/c1-11-6-8-13(9-7-11)20(18,19)15-10-12-4-2-3-5-14(12)16(15)17/h2-9,15-16H,10H2,1H3/t15-,16+/m1/s1. The Balaban J connectivity index is 2.00. The third-order valence-corrected chi connectivity index (χ3v) is 6.70. The molecule has 1 aliphatic rings. The number of alkyl halides is 1. The first-order chi connectivity index (χ1) is 9.50. The van der Waals surface area contributed by atoms with Gasteiger partial charge in [-0.1, -0.05) is 42.0 Å². The van der Waals surface area contributed by atoms with E-state index in [2.05, 4.69) is 0 Å². The van der Waals surface area contributed by atoms with Gasteiger partial charge in [-0.05, 0) is 36.6 Å². The van der Waals surface area contributed by atoms with Crippen LogP contribution in [0.2, 0.25) is 0 Å². The van der Waals surface area contributed by atoms with Gasteiger partial charge in [-0.25, -0.2) is 8.42 Å². The van der Waals surface area contributed by atoms with Crippen LogP contribution in [-0.4, -0.2) is 13.7 Å². The lowest BCUT2D eigenvalue weighted by Crippen LogP contribution is -2.23. The molecule has 2 aromatic rings. The summed E-state index contributed by atoms with van der Waals surface area (Å²) >= 11 is 6.40. The van der Waals surface area contributed by atoms with Crippen molar-refractivity contribution >= 4 is 21.4 Å². The molecule has 2 aromatic carbocycles. The van der Waals surface area contributed by atoms with Crippen LogP contribution in [0, 0.1) is 6.92 Å². The Kier molecular flexibility index (Phi) is 3.35. The maximum Gasteiger partial charge on any atom is 0.183 e. The largest absolute Gasteiger partial charge is 0.223 e. The molecule has 1 aliphatic carbocycles. The third-order valence-electron chi connectivity index (χ3n) is 3.85. The average Bonchev–Trinajstić information content (AvgIpc) is 2.78. The summed E-state index contributed by atoms with van der Waals surface area (Å²) in [5.74, 6) is 0. The Bertz CT molecular complexity index is 735. The molecule has 4 heteroatoms. The van der Waals surface area contributed by atoms with Crippen LogP contribution < -0.4 is 0 Å². The highest BCUT2D eigenvalue weighted by Crippen LogP contribution is 2.41. The number of sulfone groups is 1. The molecule has 0 heterocycles. The van der Waals surface area contributed by atoms with Gasteiger partial charge in [-0.3, -0.25) is 0 Å². The summed E-state index contributed by atoms with van der Waals surface area (Å²) < 4.78 is 25.5. The van der Waals surface area contributed by atoms with Crippen molar-refractivity contribution in [2.75, 3.05) is 0 Å². The molecule has 0 amide bonds. The quantitative estimate of drug-likeness (QED) is 0.793. The van der Waals surface area contributed by atoms with Crippen molar-refractivity contribution in [2.45, 2.75) is 28.9 Å². The van der Waals surface area contributed by atoms with Crippen molar-refractivity contribution in [2.24, 2.45) is 0 Å². The third kappa shape index (κ3) is 2.15. The van der Waals surface area contributed by atoms with Crippen LogP contribution in [0.4, 0.5) is 0 Å². The molecule has 104 valence electrons. The number of hydrogen-bond donors (Lipinski definition) is 0. The molecule has 0 fully saturated rings. The van der Waals surface area contributed by atoms with E-state index in [1.54, 1.807) is 12.1 Å². The second-order valence-corrected chi connectivity index (χ2v) is 7.84. The Morgan fingerprint density at radius 3 is 2.35 bits per heavy atom. The van der Waals surface area contributed by atoms with E-state index < -0.39 is 20.5 Å². The van der Waals surface area contributed by atoms with Crippen molar-refractivity contribution in [1.82, 2.24) is 0 Å². The average molecular weight is 307 g/mol. The van der Waals surface area contributed by atoms with Gasteiger partial charge in [0.15, 0.2) is 9.84 Å². The van der Waals surface area contributed by atoms with Crippen LogP contribution in [-0.2, 0) is 16.3 Å². The van der Waals surface area contributed by atoms with Gasteiger partial charge < -0.3 is 0 Å². The molecule has 0 unspecified atom stereocenters. The number of aryl methyl sites for hydroxylation is 1. The van der Waals surface area contributed by atoms with Gasteiger partial charge >= 0.3 is 0 Å². The lowest BCUT2D eigenvalue weighted by Gasteiger charge is -2.15. The van der Waals surface area contributed by atoms with Crippen molar-refractivity contribution < 1.29 is 8.42 Å². The molecule has 0 aromatic heterocycles. The normalized spacial score (nSPS) is 21.7. The van der Waals surface area contributed by atoms with Crippen LogP contribution in [0.3, 0.4) is 0 Å². The number of hydrogen-bond acceptors (Lipinski definition) is 2. The zero-order valence-electron chi connectivity index (χ0n) is 11.1. The monoisotopic (exact) mass is 306 g/mol. The van der Waals surface area contributed by atoms with E-state index in [4.69, 9.17) is 11.6 Å². The number of benzene rings is 2. The molecule has 0 spiro atoms. The molecule has 20 heavy (non-hydrogen) atoms. The fraction of sp³-hybridized carbons (Fsp3) is 0.250. The predicted octanol–water partition coefficient (Wildman–Crippen LogP) is 3.67. The van der Waals surface area contributed by atoms with E-state index in [9.17, 15) is 8.42 Å². The molecule has 0 N–H and O–H groups in total. The fourth-order valence-corrected chi connectivity index (χ4v) is 5.11.